The highest BCUT2D eigenvalue weighted by Gasteiger charge is 2.25. The monoisotopic (exact) mass is 415 g/mol. The van der Waals surface area contributed by atoms with Gasteiger partial charge in [-0.1, -0.05) is 6.07 Å². The molecule has 29 heavy (non-hydrogen) atoms. The lowest BCUT2D eigenvalue weighted by atomic mass is 10.1. The molecule has 1 aliphatic rings. The number of ether oxygens (including phenoxy) is 1. The first-order valence-corrected chi connectivity index (χ1v) is 11.1. The molecule has 0 spiro atoms. The van der Waals surface area contributed by atoms with E-state index in [1.807, 2.05) is 19.1 Å². The summed E-state index contributed by atoms with van der Waals surface area (Å²) in [5.74, 6) is 0.297. The van der Waals surface area contributed by atoms with Crippen molar-refractivity contribution in [1.82, 2.24) is 0 Å². The second-order valence-corrected chi connectivity index (χ2v) is 9.00. The summed E-state index contributed by atoms with van der Waals surface area (Å²) in [4.78, 5) is 2.18. The quantitative estimate of drug-likeness (QED) is 0.657. The highest BCUT2D eigenvalue weighted by Crippen LogP contribution is 2.36. The SMILES string of the molecule is COc1ccc(C)cc1S(=O)(=O)Nc1cc(N2CCCCC2N)c2occc2c1. The number of benzene rings is 2. The molecule has 0 amide bonds. The van der Waals surface area contributed by atoms with Crippen molar-refractivity contribution in [3.05, 3.63) is 48.2 Å². The number of furan rings is 1. The lowest BCUT2D eigenvalue weighted by molar-refractivity contribution is 0.402. The van der Waals surface area contributed by atoms with Crippen molar-refractivity contribution in [2.24, 2.45) is 5.73 Å². The number of fused-ring (bicyclic) bond motifs is 1. The summed E-state index contributed by atoms with van der Waals surface area (Å²) < 4.78 is 39.8. The van der Waals surface area contributed by atoms with Crippen LogP contribution in [0.1, 0.15) is 24.8 Å². The summed E-state index contributed by atoms with van der Waals surface area (Å²) in [5.41, 5.74) is 9.11. The van der Waals surface area contributed by atoms with Gasteiger partial charge in [-0.2, -0.15) is 0 Å². The van der Waals surface area contributed by atoms with Crippen LogP contribution in [0.25, 0.3) is 11.0 Å². The summed E-state index contributed by atoms with van der Waals surface area (Å²) >= 11 is 0. The highest BCUT2D eigenvalue weighted by molar-refractivity contribution is 7.92. The Hall–Kier alpha value is -2.71. The summed E-state index contributed by atoms with van der Waals surface area (Å²) in [7, 11) is -2.39. The van der Waals surface area contributed by atoms with Gasteiger partial charge in [0.25, 0.3) is 10.0 Å². The molecule has 0 aliphatic carbocycles. The predicted molar refractivity (Wildman–Crippen MR) is 114 cm³/mol. The molecule has 1 unspecified atom stereocenters. The molecule has 4 rings (SSSR count). The molecule has 3 N–H and O–H groups in total. The number of hydrogen-bond donors (Lipinski definition) is 2. The van der Waals surface area contributed by atoms with Gasteiger partial charge in [-0.05, 0) is 62.1 Å². The molecule has 1 saturated heterocycles. The normalized spacial score (nSPS) is 17.5. The van der Waals surface area contributed by atoms with Crippen LogP contribution >= 0.6 is 0 Å². The van der Waals surface area contributed by atoms with Crippen LogP contribution in [-0.4, -0.2) is 28.2 Å². The number of nitrogens with two attached hydrogens (primary N) is 1. The molecule has 0 radical (unpaired) electrons. The third-order valence-electron chi connectivity index (χ3n) is 5.25. The van der Waals surface area contributed by atoms with Gasteiger partial charge in [0.2, 0.25) is 0 Å². The van der Waals surface area contributed by atoms with Gasteiger partial charge >= 0.3 is 0 Å². The number of aryl methyl sites for hydroxylation is 1. The molecule has 154 valence electrons. The van der Waals surface area contributed by atoms with Gasteiger partial charge < -0.3 is 19.8 Å². The number of methoxy groups -OCH3 is 1. The molecular formula is C21H25N3O4S. The number of anilines is 2. The van der Waals surface area contributed by atoms with E-state index >= 15 is 0 Å². The van der Waals surface area contributed by atoms with Gasteiger partial charge in [0.05, 0.1) is 30.9 Å². The van der Waals surface area contributed by atoms with E-state index in [0.29, 0.717) is 17.0 Å². The fourth-order valence-electron chi connectivity index (χ4n) is 3.80. The Bertz CT molecular complexity index is 1140. The van der Waals surface area contributed by atoms with Crippen molar-refractivity contribution in [3.63, 3.8) is 0 Å². The molecule has 2 aromatic carbocycles. The van der Waals surface area contributed by atoms with Crippen molar-refractivity contribution in [1.29, 1.82) is 0 Å². The highest BCUT2D eigenvalue weighted by atomic mass is 32.2. The Morgan fingerprint density at radius 3 is 2.79 bits per heavy atom. The molecule has 0 bridgehead atoms. The summed E-state index contributed by atoms with van der Waals surface area (Å²) in [6.45, 7) is 2.64. The number of nitrogens with one attached hydrogen (secondary N) is 1. The average Bonchev–Trinajstić information content (AvgIpc) is 3.16. The number of nitrogens with zero attached hydrogens (tertiary/aromatic N) is 1. The Morgan fingerprint density at radius 2 is 2.03 bits per heavy atom. The molecule has 8 heteroatoms. The Morgan fingerprint density at radius 1 is 1.21 bits per heavy atom. The standard InChI is InChI=1S/C21H25N3O4S/c1-14-6-7-18(27-2)19(11-14)29(25,26)23-16-12-15-8-10-28-21(15)17(13-16)24-9-4-3-5-20(24)22/h6-8,10-13,20,23H,3-5,9,22H2,1-2H3. The largest absolute Gasteiger partial charge is 0.495 e. The van der Waals surface area contributed by atoms with Crippen molar-refractivity contribution >= 4 is 32.4 Å². The first kappa shape index (κ1) is 19.6. The van der Waals surface area contributed by atoms with Crippen molar-refractivity contribution in [2.75, 3.05) is 23.3 Å². The van der Waals surface area contributed by atoms with E-state index in [2.05, 4.69) is 9.62 Å². The molecule has 0 saturated carbocycles. The van der Waals surface area contributed by atoms with Gasteiger partial charge in [0.15, 0.2) is 5.58 Å². The lowest BCUT2D eigenvalue weighted by Crippen LogP contribution is -2.45. The first-order valence-electron chi connectivity index (χ1n) is 9.60. The van der Waals surface area contributed by atoms with Crippen LogP contribution in [0.15, 0.2) is 52.0 Å². The fraction of sp³-hybridized carbons (Fsp3) is 0.333. The van der Waals surface area contributed by atoms with Gasteiger partial charge in [0.1, 0.15) is 10.6 Å². The second-order valence-electron chi connectivity index (χ2n) is 7.35. The first-order chi connectivity index (χ1) is 13.9. The maximum atomic E-state index is 13.1. The van der Waals surface area contributed by atoms with E-state index in [4.69, 9.17) is 14.9 Å². The molecule has 1 fully saturated rings. The molecule has 1 atom stereocenters. The number of piperidine rings is 1. The van der Waals surface area contributed by atoms with E-state index in [-0.39, 0.29) is 11.1 Å². The zero-order valence-corrected chi connectivity index (χ0v) is 17.3. The van der Waals surface area contributed by atoms with Gasteiger partial charge in [-0.25, -0.2) is 8.42 Å². The minimum Gasteiger partial charge on any atom is -0.495 e. The van der Waals surface area contributed by atoms with Crippen LogP contribution in [0, 0.1) is 6.92 Å². The molecule has 1 aromatic heterocycles. The summed E-state index contributed by atoms with van der Waals surface area (Å²) in [6.07, 6.45) is 4.48. The van der Waals surface area contributed by atoms with Crippen LogP contribution in [0.4, 0.5) is 11.4 Å². The molecule has 2 heterocycles. The van der Waals surface area contributed by atoms with E-state index in [1.165, 1.54) is 7.11 Å². The number of sulfonamides is 1. The molecule has 7 nitrogen and oxygen atoms in total. The number of hydrogen-bond acceptors (Lipinski definition) is 6. The van der Waals surface area contributed by atoms with Crippen molar-refractivity contribution < 1.29 is 17.6 Å². The Kier molecular flexibility index (Phi) is 5.14. The Balaban J connectivity index is 1.76. The van der Waals surface area contributed by atoms with Gasteiger partial charge in [-0.15, -0.1) is 0 Å². The second kappa shape index (κ2) is 7.61. The topological polar surface area (TPSA) is 97.8 Å². The average molecular weight is 416 g/mol. The van der Waals surface area contributed by atoms with Gasteiger partial charge in [-0.3, -0.25) is 4.72 Å². The third-order valence-corrected chi connectivity index (χ3v) is 6.65. The minimum absolute atomic E-state index is 0.100. The maximum Gasteiger partial charge on any atom is 0.265 e. The fourth-order valence-corrected chi connectivity index (χ4v) is 5.09. The Labute approximate surface area is 170 Å². The van der Waals surface area contributed by atoms with Crippen LogP contribution in [-0.2, 0) is 10.0 Å². The maximum absolute atomic E-state index is 13.1. The van der Waals surface area contributed by atoms with E-state index in [0.717, 1.165) is 42.4 Å². The van der Waals surface area contributed by atoms with E-state index < -0.39 is 10.0 Å². The van der Waals surface area contributed by atoms with Crippen molar-refractivity contribution in [3.8, 4) is 5.75 Å². The summed E-state index contributed by atoms with van der Waals surface area (Å²) in [6, 6.07) is 10.4. The summed E-state index contributed by atoms with van der Waals surface area (Å²) in [5, 5.41) is 0.814. The molecular weight excluding hydrogens is 390 g/mol. The van der Waals surface area contributed by atoms with E-state index in [1.54, 1.807) is 30.5 Å². The van der Waals surface area contributed by atoms with E-state index in [9.17, 15) is 8.42 Å². The lowest BCUT2D eigenvalue weighted by Gasteiger charge is -2.35. The zero-order valence-electron chi connectivity index (χ0n) is 16.5. The van der Waals surface area contributed by atoms with Crippen LogP contribution in [0.5, 0.6) is 5.75 Å². The zero-order chi connectivity index (χ0) is 20.6. The van der Waals surface area contributed by atoms with Crippen LogP contribution in [0.3, 0.4) is 0 Å². The van der Waals surface area contributed by atoms with Crippen molar-refractivity contribution in [2.45, 2.75) is 37.2 Å². The smallest absolute Gasteiger partial charge is 0.265 e. The van der Waals surface area contributed by atoms with Crippen LogP contribution < -0.4 is 20.1 Å². The number of rotatable bonds is 5. The molecule has 3 aromatic rings. The van der Waals surface area contributed by atoms with Crippen LogP contribution in [0.2, 0.25) is 0 Å². The molecule has 1 aliphatic heterocycles. The van der Waals surface area contributed by atoms with Gasteiger partial charge in [0, 0.05) is 11.9 Å². The third kappa shape index (κ3) is 3.77. The minimum atomic E-state index is -3.85. The predicted octanol–water partition coefficient (Wildman–Crippen LogP) is 3.83.